The molecule has 0 aromatic heterocycles. The second kappa shape index (κ2) is 13.8. The number of cyclic esters (lactones) is 1. The van der Waals surface area contributed by atoms with E-state index in [1.54, 1.807) is 7.11 Å². The molecule has 0 amide bonds. The highest BCUT2D eigenvalue weighted by molar-refractivity contribution is 5.75. The molecule has 0 N–H and O–H groups in total. The van der Waals surface area contributed by atoms with Gasteiger partial charge in [-0.25, -0.2) is 0 Å². The number of carbonyl (C=O) groups is 1. The van der Waals surface area contributed by atoms with Crippen LogP contribution in [0.3, 0.4) is 0 Å². The van der Waals surface area contributed by atoms with Crippen molar-refractivity contribution in [1.82, 2.24) is 0 Å². The molecule has 202 valence electrons. The van der Waals surface area contributed by atoms with E-state index < -0.39 is 0 Å². The maximum Gasteiger partial charge on any atom is 0.309 e. The Bertz CT molecular complexity index is 1180. The van der Waals surface area contributed by atoms with Crippen molar-refractivity contribution >= 4 is 5.97 Å². The van der Waals surface area contributed by atoms with Crippen molar-refractivity contribution < 1.29 is 28.5 Å². The molecule has 2 atom stereocenters. The van der Waals surface area contributed by atoms with Crippen LogP contribution in [0.2, 0.25) is 0 Å². The molecule has 1 fully saturated rings. The van der Waals surface area contributed by atoms with Gasteiger partial charge >= 0.3 is 5.97 Å². The first kappa shape index (κ1) is 27.4. The molecule has 1 heterocycles. The summed E-state index contributed by atoms with van der Waals surface area (Å²) in [6.45, 7) is 6.25. The molecule has 6 heteroatoms. The Balaban J connectivity index is 1.47. The third-order valence-electron chi connectivity index (χ3n) is 6.66. The number of benzene rings is 3. The van der Waals surface area contributed by atoms with Gasteiger partial charge in [-0.1, -0.05) is 56.3 Å². The number of methoxy groups -OCH3 is 1. The Labute approximate surface area is 225 Å². The zero-order valence-electron chi connectivity index (χ0n) is 22.6. The monoisotopic (exact) mass is 518 g/mol. The molecule has 3 aromatic rings. The molecular formula is C32H38O6. The molecule has 1 aliphatic heterocycles. The Kier molecular flexibility index (Phi) is 9.90. The Morgan fingerprint density at radius 1 is 0.737 bits per heavy atom. The minimum Gasteiger partial charge on any atom is -0.493 e. The van der Waals surface area contributed by atoms with Crippen LogP contribution in [-0.2, 0) is 29.0 Å². The number of ether oxygens (including phenoxy) is 5. The third kappa shape index (κ3) is 7.21. The van der Waals surface area contributed by atoms with E-state index in [0.717, 1.165) is 41.7 Å². The average molecular weight is 519 g/mol. The molecule has 38 heavy (non-hydrogen) atoms. The summed E-state index contributed by atoms with van der Waals surface area (Å²) in [5.74, 6) is 2.55. The molecular weight excluding hydrogens is 480 g/mol. The van der Waals surface area contributed by atoms with Crippen LogP contribution in [-0.4, -0.2) is 32.9 Å². The second-order valence-electron chi connectivity index (χ2n) is 9.64. The van der Waals surface area contributed by atoms with Gasteiger partial charge < -0.3 is 23.7 Å². The quantitative estimate of drug-likeness (QED) is 0.229. The van der Waals surface area contributed by atoms with Crippen LogP contribution in [0.25, 0.3) is 0 Å². The first-order valence-corrected chi connectivity index (χ1v) is 13.5. The van der Waals surface area contributed by atoms with Gasteiger partial charge in [-0.15, -0.1) is 0 Å². The van der Waals surface area contributed by atoms with Gasteiger partial charge in [-0.3, -0.25) is 4.79 Å². The normalized spacial score (nSPS) is 16.7. The molecule has 1 saturated heterocycles. The van der Waals surface area contributed by atoms with E-state index in [2.05, 4.69) is 13.8 Å². The lowest BCUT2D eigenvalue weighted by Crippen LogP contribution is -2.20. The number of rotatable bonds is 14. The summed E-state index contributed by atoms with van der Waals surface area (Å²) in [5, 5.41) is 0. The van der Waals surface area contributed by atoms with E-state index in [4.69, 9.17) is 23.7 Å². The van der Waals surface area contributed by atoms with Gasteiger partial charge in [0, 0.05) is 5.92 Å². The van der Waals surface area contributed by atoms with Gasteiger partial charge in [0.05, 0.1) is 32.8 Å². The maximum atomic E-state index is 12.7. The highest BCUT2D eigenvalue weighted by Gasteiger charge is 2.37. The van der Waals surface area contributed by atoms with Crippen molar-refractivity contribution in [3.8, 4) is 23.0 Å². The summed E-state index contributed by atoms with van der Waals surface area (Å²) in [6, 6.07) is 22.0. The zero-order valence-corrected chi connectivity index (χ0v) is 22.6. The van der Waals surface area contributed by atoms with Gasteiger partial charge in [0.2, 0.25) is 0 Å². The Morgan fingerprint density at radius 2 is 1.37 bits per heavy atom. The molecule has 0 bridgehead atoms. The summed E-state index contributed by atoms with van der Waals surface area (Å²) >= 11 is 0. The van der Waals surface area contributed by atoms with E-state index >= 15 is 0 Å². The summed E-state index contributed by atoms with van der Waals surface area (Å²) < 4.78 is 29.0. The third-order valence-corrected chi connectivity index (χ3v) is 6.66. The largest absolute Gasteiger partial charge is 0.493 e. The Hall–Kier alpha value is -3.67. The highest BCUT2D eigenvalue weighted by atomic mass is 16.5. The fraction of sp³-hybridized carbons (Fsp3) is 0.406. The molecule has 0 radical (unpaired) electrons. The predicted octanol–water partition coefficient (Wildman–Crippen LogP) is 6.43. The lowest BCUT2D eigenvalue weighted by Gasteiger charge is -2.18. The smallest absolute Gasteiger partial charge is 0.309 e. The SMILES string of the molecule is CCCOc1cc(C[C@H]2COC(=O)[C@@H]2Cc2ccc(OCc3ccccc3)c(OCCC)c2)ccc1OC. The summed E-state index contributed by atoms with van der Waals surface area (Å²) in [5.41, 5.74) is 3.22. The van der Waals surface area contributed by atoms with Gasteiger partial charge in [0.25, 0.3) is 0 Å². The number of hydrogen-bond acceptors (Lipinski definition) is 6. The minimum atomic E-state index is -0.229. The van der Waals surface area contributed by atoms with Crippen molar-refractivity contribution in [2.24, 2.45) is 11.8 Å². The summed E-state index contributed by atoms with van der Waals surface area (Å²) in [6.07, 6.45) is 3.12. The van der Waals surface area contributed by atoms with Crippen LogP contribution in [0.5, 0.6) is 23.0 Å². The molecule has 0 aliphatic carbocycles. The van der Waals surface area contributed by atoms with E-state index in [0.29, 0.717) is 50.1 Å². The van der Waals surface area contributed by atoms with Crippen molar-refractivity contribution in [2.75, 3.05) is 26.9 Å². The molecule has 6 nitrogen and oxygen atoms in total. The van der Waals surface area contributed by atoms with Crippen molar-refractivity contribution in [3.63, 3.8) is 0 Å². The molecule has 0 spiro atoms. The second-order valence-corrected chi connectivity index (χ2v) is 9.64. The van der Waals surface area contributed by atoms with Gasteiger partial charge in [-0.2, -0.15) is 0 Å². The zero-order chi connectivity index (χ0) is 26.7. The number of hydrogen-bond donors (Lipinski definition) is 0. The van der Waals surface area contributed by atoms with E-state index in [1.807, 2.05) is 66.7 Å². The maximum absolute atomic E-state index is 12.7. The fourth-order valence-corrected chi connectivity index (χ4v) is 4.64. The Morgan fingerprint density at radius 3 is 2.03 bits per heavy atom. The number of carbonyl (C=O) groups excluding carboxylic acids is 1. The first-order valence-electron chi connectivity index (χ1n) is 13.5. The predicted molar refractivity (Wildman–Crippen MR) is 147 cm³/mol. The van der Waals surface area contributed by atoms with E-state index in [9.17, 15) is 4.79 Å². The van der Waals surface area contributed by atoms with E-state index in [-0.39, 0.29) is 17.8 Å². The van der Waals surface area contributed by atoms with Crippen LogP contribution in [0.15, 0.2) is 66.7 Å². The topological polar surface area (TPSA) is 63.2 Å². The standard InChI is InChI=1S/C32H38O6/c1-4-15-35-30-19-24(11-13-28(30)34-3)17-26-22-38-32(33)27(26)18-25-12-14-29(31(20-25)36-16-5-2)37-21-23-9-7-6-8-10-23/h6-14,19-20,26-27H,4-5,15-18,21-22H2,1-3H3/t26-,27+/m0/s1. The van der Waals surface area contributed by atoms with E-state index in [1.165, 1.54) is 0 Å². The average Bonchev–Trinajstić information content (AvgIpc) is 3.28. The van der Waals surface area contributed by atoms with Gasteiger partial charge in [0.1, 0.15) is 6.61 Å². The van der Waals surface area contributed by atoms with Crippen LogP contribution >= 0.6 is 0 Å². The molecule has 0 saturated carbocycles. The lowest BCUT2D eigenvalue weighted by molar-refractivity contribution is -0.141. The molecule has 1 aliphatic rings. The summed E-state index contributed by atoms with van der Waals surface area (Å²) in [4.78, 5) is 12.7. The first-order chi connectivity index (χ1) is 18.6. The van der Waals surface area contributed by atoms with Crippen molar-refractivity contribution in [1.29, 1.82) is 0 Å². The fourth-order valence-electron chi connectivity index (χ4n) is 4.64. The minimum absolute atomic E-state index is 0.0731. The van der Waals surface area contributed by atoms with Gasteiger partial charge in [0.15, 0.2) is 23.0 Å². The van der Waals surface area contributed by atoms with Gasteiger partial charge in [-0.05, 0) is 66.6 Å². The van der Waals surface area contributed by atoms with Crippen LogP contribution < -0.4 is 18.9 Å². The van der Waals surface area contributed by atoms with Crippen LogP contribution in [0.4, 0.5) is 0 Å². The highest BCUT2D eigenvalue weighted by Crippen LogP contribution is 2.35. The lowest BCUT2D eigenvalue weighted by atomic mass is 9.85. The molecule has 0 unspecified atom stereocenters. The molecule has 4 rings (SSSR count). The number of esters is 1. The van der Waals surface area contributed by atoms with Crippen molar-refractivity contribution in [3.05, 3.63) is 83.4 Å². The van der Waals surface area contributed by atoms with Crippen LogP contribution in [0.1, 0.15) is 43.4 Å². The van der Waals surface area contributed by atoms with Crippen molar-refractivity contribution in [2.45, 2.75) is 46.1 Å². The molecule has 3 aromatic carbocycles. The van der Waals surface area contributed by atoms with Crippen LogP contribution in [0, 0.1) is 11.8 Å². The summed E-state index contributed by atoms with van der Waals surface area (Å²) in [7, 11) is 1.64.